The van der Waals surface area contributed by atoms with Crippen molar-refractivity contribution in [1.82, 2.24) is 4.98 Å². The zero-order valence-corrected chi connectivity index (χ0v) is 9.98. The van der Waals surface area contributed by atoms with Gasteiger partial charge in [0.2, 0.25) is 0 Å². The van der Waals surface area contributed by atoms with Gasteiger partial charge < -0.3 is 16.4 Å². The van der Waals surface area contributed by atoms with Gasteiger partial charge in [0.25, 0.3) is 0 Å². The lowest BCUT2D eigenvalue weighted by Crippen LogP contribution is -2.34. The molecule has 0 amide bonds. The molecule has 4 N–H and O–H groups in total. The molecule has 1 atom stereocenters. The lowest BCUT2D eigenvalue weighted by atomic mass is 10.0. The first kappa shape index (κ1) is 11.0. The highest BCUT2D eigenvalue weighted by molar-refractivity contribution is 5.62. The third-order valence-electron chi connectivity index (χ3n) is 3.31. The minimum absolute atomic E-state index is 0.437. The van der Waals surface area contributed by atoms with Crippen molar-refractivity contribution in [2.24, 2.45) is 5.92 Å². The normalized spacial score (nSPS) is 20.7. The molecule has 0 spiro atoms. The van der Waals surface area contributed by atoms with Crippen LogP contribution in [0.25, 0.3) is 0 Å². The summed E-state index contributed by atoms with van der Waals surface area (Å²) in [5.74, 6) is 2.04. The Morgan fingerprint density at radius 1 is 1.38 bits per heavy atom. The van der Waals surface area contributed by atoms with E-state index in [0.717, 1.165) is 12.4 Å². The molecule has 1 saturated heterocycles. The number of rotatable bonds is 2. The molecule has 2 rings (SSSR count). The monoisotopic (exact) mass is 220 g/mol. The summed E-state index contributed by atoms with van der Waals surface area (Å²) in [5, 5.41) is 0. The van der Waals surface area contributed by atoms with E-state index in [4.69, 9.17) is 11.5 Å². The van der Waals surface area contributed by atoms with Gasteiger partial charge in [0.05, 0.1) is 5.69 Å². The number of hydrogen-bond acceptors (Lipinski definition) is 4. The molecule has 0 radical (unpaired) electrons. The van der Waals surface area contributed by atoms with Crippen molar-refractivity contribution in [1.29, 1.82) is 0 Å². The van der Waals surface area contributed by atoms with Gasteiger partial charge in [-0.15, -0.1) is 0 Å². The number of pyridine rings is 1. The second-order valence-electron chi connectivity index (χ2n) is 4.79. The Morgan fingerprint density at radius 2 is 2.12 bits per heavy atom. The summed E-state index contributed by atoms with van der Waals surface area (Å²) < 4.78 is 0. The molecule has 1 aliphatic heterocycles. The first-order chi connectivity index (χ1) is 7.59. The highest BCUT2D eigenvalue weighted by Gasteiger charge is 2.28. The Kier molecular flexibility index (Phi) is 2.90. The van der Waals surface area contributed by atoms with E-state index in [9.17, 15) is 0 Å². The topological polar surface area (TPSA) is 68.2 Å². The Hall–Kier alpha value is -1.45. The zero-order valence-electron chi connectivity index (χ0n) is 9.98. The maximum atomic E-state index is 5.75. The molecule has 0 bridgehead atoms. The molecule has 0 aromatic carbocycles. The summed E-state index contributed by atoms with van der Waals surface area (Å²) in [5.41, 5.74) is 12.0. The van der Waals surface area contributed by atoms with Crippen LogP contribution in [0.15, 0.2) is 12.1 Å². The Morgan fingerprint density at radius 3 is 2.75 bits per heavy atom. The molecular weight excluding hydrogens is 200 g/mol. The number of nitrogens with zero attached hydrogens (tertiary/aromatic N) is 2. The molecule has 1 aliphatic rings. The highest BCUT2D eigenvalue weighted by Crippen LogP contribution is 2.29. The predicted octanol–water partition coefficient (Wildman–Crippen LogP) is 1.87. The summed E-state index contributed by atoms with van der Waals surface area (Å²) in [7, 11) is 0. The molecule has 2 heterocycles. The van der Waals surface area contributed by atoms with Gasteiger partial charge in [-0.05, 0) is 30.9 Å². The summed E-state index contributed by atoms with van der Waals surface area (Å²) >= 11 is 0. The van der Waals surface area contributed by atoms with Gasteiger partial charge in [0.1, 0.15) is 11.6 Å². The average Bonchev–Trinajstić information content (AvgIpc) is 2.71. The second kappa shape index (κ2) is 4.20. The molecule has 1 aromatic rings. The number of hydrogen-bond donors (Lipinski definition) is 2. The van der Waals surface area contributed by atoms with Crippen molar-refractivity contribution in [3.63, 3.8) is 0 Å². The minimum Gasteiger partial charge on any atom is -0.396 e. The van der Waals surface area contributed by atoms with Crippen molar-refractivity contribution in [3.8, 4) is 0 Å². The Bertz CT molecular complexity index is 375. The van der Waals surface area contributed by atoms with E-state index in [-0.39, 0.29) is 0 Å². The average molecular weight is 220 g/mol. The van der Waals surface area contributed by atoms with Crippen LogP contribution in [0.2, 0.25) is 0 Å². The zero-order chi connectivity index (χ0) is 11.7. The Labute approximate surface area is 96.6 Å². The van der Waals surface area contributed by atoms with Gasteiger partial charge in [0.15, 0.2) is 0 Å². The van der Waals surface area contributed by atoms with Crippen LogP contribution in [0.4, 0.5) is 17.3 Å². The molecule has 4 nitrogen and oxygen atoms in total. The van der Waals surface area contributed by atoms with Crippen molar-refractivity contribution in [2.45, 2.75) is 32.7 Å². The van der Waals surface area contributed by atoms with Gasteiger partial charge in [-0.25, -0.2) is 4.98 Å². The van der Waals surface area contributed by atoms with Crippen LogP contribution in [0.5, 0.6) is 0 Å². The van der Waals surface area contributed by atoms with E-state index in [1.165, 1.54) is 12.8 Å². The SMILES string of the molecule is CC(C)C1CCCN1c1ccc(N)c(N)n1. The van der Waals surface area contributed by atoms with Gasteiger partial charge in [0, 0.05) is 12.6 Å². The molecule has 0 aliphatic carbocycles. The van der Waals surface area contributed by atoms with Crippen LogP contribution in [-0.4, -0.2) is 17.6 Å². The van der Waals surface area contributed by atoms with Crippen LogP contribution >= 0.6 is 0 Å². The molecule has 1 fully saturated rings. The molecule has 1 aromatic heterocycles. The predicted molar refractivity (Wildman–Crippen MR) is 68.3 cm³/mol. The fourth-order valence-electron chi connectivity index (χ4n) is 2.40. The molecule has 1 unspecified atom stereocenters. The summed E-state index contributed by atoms with van der Waals surface area (Å²) in [4.78, 5) is 6.71. The molecule has 0 saturated carbocycles. The minimum atomic E-state index is 0.437. The second-order valence-corrected chi connectivity index (χ2v) is 4.79. The van der Waals surface area contributed by atoms with Crippen molar-refractivity contribution < 1.29 is 0 Å². The van der Waals surface area contributed by atoms with E-state index in [0.29, 0.717) is 23.5 Å². The Balaban J connectivity index is 2.26. The summed E-state index contributed by atoms with van der Waals surface area (Å²) in [6.07, 6.45) is 2.47. The quantitative estimate of drug-likeness (QED) is 0.798. The maximum Gasteiger partial charge on any atom is 0.149 e. The number of nitrogens with two attached hydrogens (primary N) is 2. The molecule has 88 valence electrons. The van der Waals surface area contributed by atoms with Crippen molar-refractivity contribution in [3.05, 3.63) is 12.1 Å². The highest BCUT2D eigenvalue weighted by atomic mass is 15.2. The third-order valence-corrected chi connectivity index (χ3v) is 3.31. The smallest absolute Gasteiger partial charge is 0.149 e. The molecular formula is C12H20N4. The van der Waals surface area contributed by atoms with E-state index >= 15 is 0 Å². The van der Waals surface area contributed by atoms with Crippen molar-refractivity contribution in [2.75, 3.05) is 22.9 Å². The van der Waals surface area contributed by atoms with E-state index in [2.05, 4.69) is 23.7 Å². The maximum absolute atomic E-state index is 5.75. The van der Waals surface area contributed by atoms with Crippen LogP contribution in [0, 0.1) is 5.92 Å². The van der Waals surface area contributed by atoms with Crippen molar-refractivity contribution >= 4 is 17.3 Å². The third kappa shape index (κ3) is 1.92. The van der Waals surface area contributed by atoms with E-state index < -0.39 is 0 Å². The fraction of sp³-hybridized carbons (Fsp3) is 0.583. The van der Waals surface area contributed by atoms with Gasteiger partial charge >= 0.3 is 0 Å². The number of anilines is 3. The van der Waals surface area contributed by atoms with Crippen LogP contribution in [0.3, 0.4) is 0 Å². The standard InChI is InChI=1S/C12H20N4/c1-8(2)10-4-3-7-16(10)11-6-5-9(13)12(14)15-11/h5-6,8,10H,3-4,7,13H2,1-2H3,(H2,14,15). The summed E-state index contributed by atoms with van der Waals surface area (Å²) in [6, 6.07) is 4.38. The fourth-order valence-corrected chi connectivity index (χ4v) is 2.40. The van der Waals surface area contributed by atoms with Crippen LogP contribution in [-0.2, 0) is 0 Å². The first-order valence-electron chi connectivity index (χ1n) is 5.88. The van der Waals surface area contributed by atoms with Gasteiger partial charge in [-0.1, -0.05) is 13.8 Å². The summed E-state index contributed by atoms with van der Waals surface area (Å²) in [6.45, 7) is 5.58. The largest absolute Gasteiger partial charge is 0.396 e. The molecule has 4 heteroatoms. The van der Waals surface area contributed by atoms with E-state index in [1.54, 1.807) is 0 Å². The number of nitrogen functional groups attached to an aromatic ring is 2. The van der Waals surface area contributed by atoms with Crippen LogP contribution in [0.1, 0.15) is 26.7 Å². The number of aromatic nitrogens is 1. The lowest BCUT2D eigenvalue weighted by Gasteiger charge is -2.28. The van der Waals surface area contributed by atoms with Crippen LogP contribution < -0.4 is 16.4 Å². The lowest BCUT2D eigenvalue weighted by molar-refractivity contribution is 0.490. The van der Waals surface area contributed by atoms with Gasteiger partial charge in [-0.3, -0.25) is 0 Å². The molecule has 16 heavy (non-hydrogen) atoms. The first-order valence-corrected chi connectivity index (χ1v) is 5.88. The van der Waals surface area contributed by atoms with E-state index in [1.807, 2.05) is 12.1 Å². The van der Waals surface area contributed by atoms with Gasteiger partial charge in [-0.2, -0.15) is 0 Å².